The van der Waals surface area contributed by atoms with Gasteiger partial charge in [0.2, 0.25) is 11.8 Å². The molecular formula is C29H39N3O4. The van der Waals surface area contributed by atoms with Gasteiger partial charge in [-0.05, 0) is 68.9 Å². The number of nitrogens with zero attached hydrogens (tertiary/aromatic N) is 1. The van der Waals surface area contributed by atoms with Gasteiger partial charge in [0, 0.05) is 16.8 Å². The molecule has 2 atom stereocenters. The highest BCUT2D eigenvalue weighted by molar-refractivity contribution is 5.80. The number of aromatic nitrogens is 1. The summed E-state index contributed by atoms with van der Waals surface area (Å²) in [6, 6.07) is 13.2. The van der Waals surface area contributed by atoms with Crippen molar-refractivity contribution in [1.82, 2.24) is 15.6 Å². The highest BCUT2D eigenvalue weighted by Gasteiger charge is 2.26. The van der Waals surface area contributed by atoms with Crippen LogP contribution in [0.2, 0.25) is 0 Å². The highest BCUT2D eigenvalue weighted by Crippen LogP contribution is 2.22. The largest absolute Gasteiger partial charge is 0.492 e. The maximum absolute atomic E-state index is 12.3. The van der Waals surface area contributed by atoms with Gasteiger partial charge in [0.25, 0.3) is 0 Å². The first kappa shape index (κ1) is 28.9. The van der Waals surface area contributed by atoms with Crippen LogP contribution in [0.5, 0.6) is 5.75 Å². The lowest BCUT2D eigenvalue weighted by Crippen LogP contribution is -2.48. The van der Waals surface area contributed by atoms with Crippen LogP contribution in [0.4, 0.5) is 0 Å². The van der Waals surface area contributed by atoms with Crippen molar-refractivity contribution in [3.05, 3.63) is 59.4 Å². The van der Waals surface area contributed by atoms with Crippen molar-refractivity contribution in [2.75, 3.05) is 26.4 Å². The summed E-state index contributed by atoms with van der Waals surface area (Å²) in [6.45, 7) is 10.7. The summed E-state index contributed by atoms with van der Waals surface area (Å²) < 4.78 is 11.0. The van der Waals surface area contributed by atoms with Gasteiger partial charge in [0.05, 0.1) is 6.54 Å². The van der Waals surface area contributed by atoms with Crippen LogP contribution in [-0.2, 0) is 14.3 Å². The van der Waals surface area contributed by atoms with E-state index in [9.17, 15) is 9.59 Å². The molecule has 0 saturated carbocycles. The van der Waals surface area contributed by atoms with Gasteiger partial charge in [-0.1, -0.05) is 45.2 Å². The Morgan fingerprint density at radius 2 is 1.83 bits per heavy atom. The molecule has 0 bridgehead atoms. The van der Waals surface area contributed by atoms with Crippen molar-refractivity contribution in [1.29, 1.82) is 0 Å². The van der Waals surface area contributed by atoms with E-state index in [1.54, 1.807) is 0 Å². The molecular weight excluding hydrogens is 454 g/mol. The summed E-state index contributed by atoms with van der Waals surface area (Å²) in [7, 11) is 0. The number of carbonyl (C=O) groups excluding carboxylic acids is 2. The number of aryl methyl sites for hydroxylation is 1. The zero-order valence-corrected chi connectivity index (χ0v) is 22.1. The molecule has 2 rings (SSSR count). The number of carbonyl (C=O) groups is 2. The maximum Gasteiger partial charge on any atom is 0.246 e. The molecule has 1 heterocycles. The predicted octanol–water partition coefficient (Wildman–Crippen LogP) is 4.02. The molecule has 2 unspecified atom stereocenters. The second kappa shape index (κ2) is 14.9. The van der Waals surface area contributed by atoms with Gasteiger partial charge in [0.1, 0.15) is 31.3 Å². The van der Waals surface area contributed by atoms with Crippen molar-refractivity contribution >= 4 is 11.8 Å². The summed E-state index contributed by atoms with van der Waals surface area (Å²) in [5.41, 5.74) is 2.19. The number of hydrogen-bond donors (Lipinski definition) is 2. The van der Waals surface area contributed by atoms with Crippen LogP contribution >= 0.6 is 0 Å². The lowest BCUT2D eigenvalue weighted by Gasteiger charge is -2.32. The van der Waals surface area contributed by atoms with Crippen LogP contribution in [0, 0.1) is 24.7 Å². The minimum Gasteiger partial charge on any atom is -0.492 e. The first-order valence-electron chi connectivity index (χ1n) is 12.6. The Morgan fingerprint density at radius 1 is 1.08 bits per heavy atom. The Balaban J connectivity index is 1.67. The van der Waals surface area contributed by atoms with Gasteiger partial charge in [0.15, 0.2) is 0 Å². The number of amides is 2. The van der Waals surface area contributed by atoms with E-state index in [0.29, 0.717) is 30.5 Å². The van der Waals surface area contributed by atoms with E-state index in [-0.39, 0.29) is 30.6 Å². The summed E-state index contributed by atoms with van der Waals surface area (Å²) in [6.07, 6.45) is 2.81. The molecule has 0 aliphatic heterocycles. The summed E-state index contributed by atoms with van der Waals surface area (Å²) >= 11 is 0. The third-order valence-corrected chi connectivity index (χ3v) is 5.93. The van der Waals surface area contributed by atoms with Gasteiger partial charge in [-0.3, -0.25) is 9.59 Å². The molecule has 0 saturated heterocycles. The first-order valence-corrected chi connectivity index (χ1v) is 12.6. The SMILES string of the molecule is CCC(C)CC(C)(CC)NC(=O)COCC(=O)NCCOc1cccc(C#Cc2cccc(C)n2)c1. The summed E-state index contributed by atoms with van der Waals surface area (Å²) in [5, 5.41) is 5.78. The predicted molar refractivity (Wildman–Crippen MR) is 142 cm³/mol. The number of benzene rings is 1. The van der Waals surface area contributed by atoms with Crippen LogP contribution in [0.15, 0.2) is 42.5 Å². The fourth-order valence-electron chi connectivity index (χ4n) is 3.63. The molecule has 1 aromatic carbocycles. The number of rotatable bonds is 13. The Bertz CT molecular complexity index is 1060. The molecule has 0 aliphatic carbocycles. The van der Waals surface area contributed by atoms with Gasteiger partial charge in [-0.15, -0.1) is 0 Å². The van der Waals surface area contributed by atoms with Crippen molar-refractivity contribution in [3.63, 3.8) is 0 Å². The normalized spacial score (nSPS) is 13.0. The third-order valence-electron chi connectivity index (χ3n) is 5.93. The number of hydrogen-bond acceptors (Lipinski definition) is 5. The van der Waals surface area contributed by atoms with Crippen LogP contribution in [-0.4, -0.2) is 48.7 Å². The second-order valence-electron chi connectivity index (χ2n) is 9.31. The number of ether oxygens (including phenoxy) is 2. The number of pyridine rings is 1. The summed E-state index contributed by atoms with van der Waals surface area (Å²) in [5.74, 6) is 6.82. The topological polar surface area (TPSA) is 89.5 Å². The maximum atomic E-state index is 12.3. The fourth-order valence-corrected chi connectivity index (χ4v) is 3.63. The molecule has 0 aliphatic rings. The molecule has 7 nitrogen and oxygen atoms in total. The average Bonchev–Trinajstić information content (AvgIpc) is 2.85. The quantitative estimate of drug-likeness (QED) is 0.325. The highest BCUT2D eigenvalue weighted by atomic mass is 16.5. The van der Waals surface area contributed by atoms with E-state index >= 15 is 0 Å². The molecule has 7 heteroatoms. The smallest absolute Gasteiger partial charge is 0.246 e. The average molecular weight is 494 g/mol. The molecule has 194 valence electrons. The zero-order chi connectivity index (χ0) is 26.4. The van der Waals surface area contributed by atoms with Crippen molar-refractivity contribution in [3.8, 4) is 17.6 Å². The van der Waals surface area contributed by atoms with Crippen molar-refractivity contribution in [2.45, 2.75) is 59.4 Å². The molecule has 0 fully saturated rings. The lowest BCUT2D eigenvalue weighted by atomic mass is 9.86. The van der Waals surface area contributed by atoms with Crippen LogP contribution < -0.4 is 15.4 Å². The Morgan fingerprint density at radius 3 is 2.56 bits per heavy atom. The molecule has 0 radical (unpaired) electrons. The van der Waals surface area contributed by atoms with Crippen LogP contribution in [0.3, 0.4) is 0 Å². The Kier molecular flexibility index (Phi) is 11.9. The van der Waals surface area contributed by atoms with Crippen molar-refractivity contribution in [2.24, 2.45) is 5.92 Å². The summed E-state index contributed by atoms with van der Waals surface area (Å²) in [4.78, 5) is 28.6. The number of nitrogens with one attached hydrogen (secondary N) is 2. The van der Waals surface area contributed by atoms with Gasteiger partial charge >= 0.3 is 0 Å². The molecule has 36 heavy (non-hydrogen) atoms. The monoisotopic (exact) mass is 493 g/mol. The molecule has 0 spiro atoms. The van der Waals surface area contributed by atoms with Gasteiger partial charge < -0.3 is 20.1 Å². The van der Waals surface area contributed by atoms with E-state index in [0.717, 1.165) is 30.5 Å². The van der Waals surface area contributed by atoms with Gasteiger partial charge in [-0.25, -0.2) is 4.98 Å². The first-order chi connectivity index (χ1) is 17.2. The Labute approximate surface area is 215 Å². The Hall–Kier alpha value is -3.37. The van der Waals surface area contributed by atoms with Crippen molar-refractivity contribution < 1.29 is 19.1 Å². The van der Waals surface area contributed by atoms with Gasteiger partial charge in [-0.2, -0.15) is 0 Å². The lowest BCUT2D eigenvalue weighted by molar-refractivity contribution is -0.132. The van der Waals surface area contributed by atoms with Crippen LogP contribution in [0.1, 0.15) is 63.9 Å². The fraction of sp³-hybridized carbons (Fsp3) is 0.483. The van der Waals surface area contributed by atoms with E-state index in [4.69, 9.17) is 9.47 Å². The van der Waals surface area contributed by atoms with E-state index in [1.807, 2.05) is 56.3 Å². The van der Waals surface area contributed by atoms with E-state index < -0.39 is 0 Å². The molecule has 1 aromatic heterocycles. The van der Waals surface area contributed by atoms with E-state index in [2.05, 4.69) is 48.2 Å². The van der Waals surface area contributed by atoms with E-state index in [1.165, 1.54) is 0 Å². The standard InChI is InChI=1S/C29H39N3O4/c1-6-22(3)19-29(5,7-2)32-28(34)21-35-20-27(33)30-16-17-36-26-13-9-11-24(18-26)14-15-25-12-8-10-23(4)31-25/h8-13,18,22H,6-7,16-17,19-21H2,1-5H3,(H,30,33)(H,32,34). The molecule has 2 aromatic rings. The van der Waals surface area contributed by atoms with Crippen LogP contribution in [0.25, 0.3) is 0 Å². The molecule has 2 N–H and O–H groups in total. The second-order valence-corrected chi connectivity index (χ2v) is 9.31. The zero-order valence-electron chi connectivity index (χ0n) is 22.1. The minimum absolute atomic E-state index is 0.147. The molecule has 2 amide bonds. The minimum atomic E-state index is -0.297. The third kappa shape index (κ3) is 10.9.